The van der Waals surface area contributed by atoms with Gasteiger partial charge in [0.2, 0.25) is 12.0 Å². The Morgan fingerprint density at radius 3 is 2.24 bits per heavy atom. The molecule has 5 atom stereocenters. The van der Waals surface area contributed by atoms with Crippen molar-refractivity contribution in [2.75, 3.05) is 0 Å². The summed E-state index contributed by atoms with van der Waals surface area (Å²) in [6.07, 6.45) is -9.56. The first-order chi connectivity index (χ1) is 15.2. The van der Waals surface area contributed by atoms with E-state index >= 15 is 0 Å². The van der Waals surface area contributed by atoms with Crippen LogP contribution in [0.2, 0.25) is 0 Å². The van der Waals surface area contributed by atoms with E-state index in [1.165, 1.54) is 0 Å². The molecule has 3 aromatic rings. The second-order valence-electron chi connectivity index (χ2n) is 7.14. The number of rotatable bonds is 4. The molecule has 1 aromatic heterocycles. The lowest BCUT2D eigenvalue weighted by molar-refractivity contribution is -0.271. The largest absolute Gasteiger partial charge is 0.504 e. The molecule has 176 valence electrons. The van der Waals surface area contributed by atoms with Crippen LogP contribution in [-0.2, 0) is 9.53 Å². The Hall–Kier alpha value is -3.68. The molecule has 0 spiro atoms. The minimum Gasteiger partial charge on any atom is -0.504 e. The summed E-state index contributed by atoms with van der Waals surface area (Å²) < 4.78 is 16.0. The Bertz CT molecular complexity index is 1220. The third-order valence-corrected chi connectivity index (χ3v) is 5.05. The van der Waals surface area contributed by atoms with E-state index in [1.54, 1.807) is 30.3 Å². The van der Waals surface area contributed by atoms with Gasteiger partial charge in [-0.05, 0) is 0 Å². The number of aliphatic carboxylic acids is 1. The van der Waals surface area contributed by atoms with E-state index in [4.69, 9.17) is 19.0 Å². The van der Waals surface area contributed by atoms with E-state index in [-0.39, 0.29) is 22.2 Å². The van der Waals surface area contributed by atoms with Crippen LogP contribution in [0, 0.1) is 0 Å². The van der Waals surface area contributed by atoms with Crippen LogP contribution in [-0.4, -0.2) is 72.8 Å². The zero-order valence-corrected chi connectivity index (χ0v) is 16.7. The number of benzene rings is 2. The fraction of sp³-hybridized carbons (Fsp3) is 0.238. The number of hydrogen-bond donors (Lipinski definition) is 6. The number of fused-ring (bicyclic) bond motifs is 1. The van der Waals surface area contributed by atoms with Gasteiger partial charge in [0.1, 0.15) is 35.0 Å². The van der Waals surface area contributed by atoms with Crippen LogP contribution in [0.5, 0.6) is 17.2 Å². The van der Waals surface area contributed by atoms with Gasteiger partial charge in [-0.1, -0.05) is 30.3 Å². The maximum Gasteiger partial charge on any atom is 0.335 e. The maximum absolute atomic E-state index is 12.5. The number of aliphatic hydroxyl groups is 3. The number of carboxylic acid groups (broad SMARTS) is 1. The van der Waals surface area contributed by atoms with Gasteiger partial charge in [-0.15, -0.1) is 0 Å². The fourth-order valence-electron chi connectivity index (χ4n) is 3.38. The highest BCUT2D eigenvalue weighted by Gasteiger charge is 2.48. The highest BCUT2D eigenvalue weighted by Crippen LogP contribution is 2.42. The number of phenols is 2. The number of carboxylic acids is 1. The highest BCUT2D eigenvalue weighted by molar-refractivity contribution is 5.89. The standard InChI is InChI=1S/C21H18O11.H2O/c22-9-6-10(8-4-2-1-3-5-8)30-11-7-12(14(23)15(24)13(9)11)31-21-18(27)16(25)17(26)19(32-21)20(28)29;/h1-7,16-19,21,23-27H,(H,28,29);1H2/t16-,17-,18+,19-,21+;/m0./s1. The van der Waals surface area contributed by atoms with Gasteiger partial charge >= 0.3 is 5.97 Å². The van der Waals surface area contributed by atoms with Gasteiger partial charge in [0.05, 0.1) is 0 Å². The molecule has 1 saturated heterocycles. The van der Waals surface area contributed by atoms with Crippen LogP contribution in [0.1, 0.15) is 0 Å². The van der Waals surface area contributed by atoms with E-state index in [1.807, 2.05) is 0 Å². The number of aliphatic hydroxyl groups excluding tert-OH is 3. The summed E-state index contributed by atoms with van der Waals surface area (Å²) in [4.78, 5) is 23.8. The average molecular weight is 464 g/mol. The Morgan fingerprint density at radius 1 is 0.939 bits per heavy atom. The summed E-state index contributed by atoms with van der Waals surface area (Å²) in [5, 5.41) is 59.2. The molecular formula is C21H20O12. The van der Waals surface area contributed by atoms with Crippen molar-refractivity contribution in [3.8, 4) is 28.6 Å². The van der Waals surface area contributed by atoms with E-state index in [2.05, 4.69) is 0 Å². The Morgan fingerprint density at radius 2 is 1.61 bits per heavy atom. The number of carbonyl (C=O) groups is 1. The zero-order chi connectivity index (χ0) is 23.2. The van der Waals surface area contributed by atoms with E-state index in [0.29, 0.717) is 5.56 Å². The van der Waals surface area contributed by atoms with Crippen LogP contribution < -0.4 is 10.2 Å². The van der Waals surface area contributed by atoms with Crippen molar-refractivity contribution in [1.29, 1.82) is 0 Å². The normalized spacial score (nSPS) is 24.8. The fourth-order valence-corrected chi connectivity index (χ4v) is 3.38. The molecule has 8 N–H and O–H groups in total. The molecule has 1 aliphatic heterocycles. The van der Waals surface area contributed by atoms with Crippen LogP contribution in [0.15, 0.2) is 51.7 Å². The molecule has 12 heteroatoms. The monoisotopic (exact) mass is 464 g/mol. The molecule has 0 bridgehead atoms. The van der Waals surface area contributed by atoms with Gasteiger partial charge in [-0.25, -0.2) is 4.79 Å². The molecule has 0 saturated carbocycles. The van der Waals surface area contributed by atoms with Gasteiger partial charge in [0.15, 0.2) is 23.0 Å². The number of hydrogen-bond acceptors (Lipinski definition) is 10. The average Bonchev–Trinajstić information content (AvgIpc) is 2.77. The van der Waals surface area contributed by atoms with Crippen molar-refractivity contribution in [1.82, 2.24) is 0 Å². The van der Waals surface area contributed by atoms with Crippen LogP contribution >= 0.6 is 0 Å². The molecule has 1 fully saturated rings. The third kappa shape index (κ3) is 4.20. The van der Waals surface area contributed by atoms with Crippen molar-refractivity contribution >= 4 is 16.9 Å². The van der Waals surface area contributed by atoms with Crippen LogP contribution in [0.3, 0.4) is 0 Å². The smallest absolute Gasteiger partial charge is 0.335 e. The summed E-state index contributed by atoms with van der Waals surface area (Å²) >= 11 is 0. The van der Waals surface area contributed by atoms with Crippen molar-refractivity contribution in [3.05, 3.63) is 52.7 Å². The molecule has 4 rings (SSSR count). The first-order valence-electron chi connectivity index (χ1n) is 9.36. The molecule has 12 nitrogen and oxygen atoms in total. The first kappa shape index (κ1) is 24.0. The van der Waals surface area contributed by atoms with Gasteiger partial charge in [-0.3, -0.25) is 4.79 Å². The van der Waals surface area contributed by atoms with Crippen molar-refractivity contribution in [2.45, 2.75) is 30.7 Å². The lowest BCUT2D eigenvalue weighted by Crippen LogP contribution is -2.61. The van der Waals surface area contributed by atoms with Crippen LogP contribution in [0.4, 0.5) is 0 Å². The predicted octanol–water partition coefficient (Wildman–Crippen LogP) is -0.683. The first-order valence-corrected chi connectivity index (χ1v) is 9.36. The summed E-state index contributed by atoms with van der Waals surface area (Å²) in [5.41, 5.74) is -0.265. The second-order valence-corrected chi connectivity index (χ2v) is 7.14. The SMILES string of the molecule is O.O=C(O)[C@H]1O[C@@H](Oc2cc3oc(-c4ccccc4)cc(=O)c3c(O)c2O)[C@H](O)[C@@H](O)[C@@H]1O. The minimum atomic E-state index is -1.94. The van der Waals surface area contributed by atoms with E-state index < -0.39 is 59.4 Å². The summed E-state index contributed by atoms with van der Waals surface area (Å²) in [6.45, 7) is 0. The molecule has 1 aliphatic rings. The molecule has 0 amide bonds. The molecule has 2 aromatic carbocycles. The highest BCUT2D eigenvalue weighted by atomic mass is 16.7. The van der Waals surface area contributed by atoms with Gasteiger partial charge in [0, 0.05) is 17.7 Å². The number of phenolic OH excluding ortho intramolecular Hbond substituents is 2. The second kappa shape index (κ2) is 9.05. The maximum atomic E-state index is 12.5. The quantitative estimate of drug-likeness (QED) is 0.266. The van der Waals surface area contributed by atoms with Crippen molar-refractivity contribution < 1.29 is 54.8 Å². The topological polar surface area (TPSA) is 219 Å². The summed E-state index contributed by atoms with van der Waals surface area (Å²) in [7, 11) is 0. The zero-order valence-electron chi connectivity index (χ0n) is 16.7. The van der Waals surface area contributed by atoms with Gasteiger partial charge in [-0.2, -0.15) is 0 Å². The van der Waals surface area contributed by atoms with E-state index in [9.17, 15) is 35.1 Å². The summed E-state index contributed by atoms with van der Waals surface area (Å²) in [5.74, 6) is -3.76. The number of aromatic hydroxyl groups is 2. The Kier molecular flexibility index (Phi) is 6.58. The Labute approximate surface area is 184 Å². The lowest BCUT2D eigenvalue weighted by Gasteiger charge is -2.38. The van der Waals surface area contributed by atoms with Gasteiger partial charge in [0.25, 0.3) is 0 Å². The number of ether oxygens (including phenoxy) is 2. The minimum absolute atomic E-state index is 0. The van der Waals surface area contributed by atoms with Crippen molar-refractivity contribution in [2.24, 2.45) is 0 Å². The Balaban J connectivity index is 0.00000306. The van der Waals surface area contributed by atoms with Gasteiger partial charge < -0.3 is 50.0 Å². The molecule has 0 aliphatic carbocycles. The third-order valence-electron chi connectivity index (χ3n) is 5.05. The molecular weight excluding hydrogens is 444 g/mol. The van der Waals surface area contributed by atoms with Crippen LogP contribution in [0.25, 0.3) is 22.3 Å². The molecule has 0 radical (unpaired) electrons. The molecule has 0 unspecified atom stereocenters. The van der Waals surface area contributed by atoms with Crippen molar-refractivity contribution in [3.63, 3.8) is 0 Å². The molecule has 2 heterocycles. The predicted molar refractivity (Wildman–Crippen MR) is 110 cm³/mol. The van der Waals surface area contributed by atoms with E-state index in [0.717, 1.165) is 12.1 Å². The lowest BCUT2D eigenvalue weighted by atomic mass is 9.99. The molecule has 33 heavy (non-hydrogen) atoms. The summed E-state index contributed by atoms with van der Waals surface area (Å²) in [6, 6.07) is 10.8.